The van der Waals surface area contributed by atoms with Gasteiger partial charge in [-0.15, -0.1) is 0 Å². The number of fused-ring (bicyclic) bond motifs is 2. The first kappa shape index (κ1) is 29.5. The van der Waals surface area contributed by atoms with Crippen LogP contribution in [-0.2, 0) is 39.4 Å². The van der Waals surface area contributed by atoms with E-state index < -0.39 is 38.9 Å². The van der Waals surface area contributed by atoms with Gasteiger partial charge in [0.05, 0.1) is 36.9 Å². The van der Waals surface area contributed by atoms with Crippen LogP contribution in [0.25, 0.3) is 5.76 Å². The van der Waals surface area contributed by atoms with Gasteiger partial charge in [-0.25, -0.2) is 8.42 Å². The number of hydrogen-bond donors (Lipinski definition) is 1. The number of hydrogen-bond acceptors (Lipinski definition) is 9. The molecule has 2 aromatic carbocycles. The number of carbonyl (C=O) groups is 3. The molecule has 3 fully saturated rings. The van der Waals surface area contributed by atoms with Crippen molar-refractivity contribution < 1.29 is 37.4 Å². The summed E-state index contributed by atoms with van der Waals surface area (Å²) in [7, 11) is -2.22. The van der Waals surface area contributed by atoms with Crippen LogP contribution in [0.15, 0.2) is 59.0 Å². The van der Waals surface area contributed by atoms with E-state index in [0.717, 1.165) is 13.1 Å². The fraction of sp³-hybridized carbons (Fsp3) is 0.433. The van der Waals surface area contributed by atoms with Crippen molar-refractivity contribution in [2.45, 2.75) is 16.9 Å². The molecule has 4 aliphatic heterocycles. The highest BCUT2D eigenvalue weighted by Gasteiger charge is 2.66. The van der Waals surface area contributed by atoms with Crippen LogP contribution in [0, 0.1) is 0 Å². The summed E-state index contributed by atoms with van der Waals surface area (Å²) in [4.78, 5) is 46.5. The third-order valence-corrected chi connectivity index (χ3v) is 10.5. The molecular formula is C30H34N4O8S. The molecule has 1 unspecified atom stereocenters. The molecule has 43 heavy (non-hydrogen) atoms. The van der Waals surface area contributed by atoms with E-state index in [1.807, 2.05) is 0 Å². The van der Waals surface area contributed by atoms with E-state index >= 15 is 0 Å². The van der Waals surface area contributed by atoms with E-state index in [4.69, 9.17) is 9.47 Å². The normalized spacial score (nSPS) is 24.7. The van der Waals surface area contributed by atoms with Gasteiger partial charge in [0.15, 0.2) is 5.54 Å². The molecule has 13 heteroatoms. The third kappa shape index (κ3) is 4.75. The average Bonchev–Trinajstić information content (AvgIpc) is 3.40. The van der Waals surface area contributed by atoms with Crippen molar-refractivity contribution in [3.05, 3.63) is 65.2 Å². The van der Waals surface area contributed by atoms with E-state index in [0.29, 0.717) is 50.6 Å². The molecule has 0 radical (unpaired) electrons. The first-order chi connectivity index (χ1) is 20.7. The second-order valence-electron chi connectivity index (χ2n) is 10.9. The van der Waals surface area contributed by atoms with E-state index in [2.05, 4.69) is 4.90 Å². The van der Waals surface area contributed by atoms with Gasteiger partial charge in [-0.05, 0) is 36.8 Å². The van der Waals surface area contributed by atoms with Gasteiger partial charge in [-0.3, -0.25) is 19.3 Å². The number of benzene rings is 2. The smallest absolute Gasteiger partial charge is 0.296 e. The van der Waals surface area contributed by atoms with Crippen LogP contribution in [0.3, 0.4) is 0 Å². The molecule has 0 aliphatic carbocycles. The Morgan fingerprint density at radius 3 is 2.19 bits per heavy atom. The van der Waals surface area contributed by atoms with Gasteiger partial charge in [0, 0.05) is 63.1 Å². The zero-order valence-corrected chi connectivity index (χ0v) is 24.7. The van der Waals surface area contributed by atoms with E-state index in [-0.39, 0.29) is 35.7 Å². The van der Waals surface area contributed by atoms with Crippen LogP contribution in [0.1, 0.15) is 17.5 Å². The summed E-state index contributed by atoms with van der Waals surface area (Å²) in [5, 5.41) is 11.7. The highest BCUT2D eigenvalue weighted by molar-refractivity contribution is 7.89. The lowest BCUT2D eigenvalue weighted by atomic mass is 9.82. The number of rotatable bonds is 7. The van der Waals surface area contributed by atoms with E-state index in [1.54, 1.807) is 31.3 Å². The van der Waals surface area contributed by atoms with Crippen molar-refractivity contribution >= 4 is 39.1 Å². The number of amides is 2. The number of ether oxygens (including phenoxy) is 2. The second kappa shape index (κ2) is 11.5. The number of Topliss-reactive ketones (excluding diaryl/α,β-unsaturated/α-hetero) is 1. The summed E-state index contributed by atoms with van der Waals surface area (Å²) < 4.78 is 38.3. The number of likely N-dealkylation sites (N-methyl/N-ethyl adjacent to an activating group) is 1. The van der Waals surface area contributed by atoms with Crippen molar-refractivity contribution in [1.29, 1.82) is 0 Å². The van der Waals surface area contributed by atoms with Crippen molar-refractivity contribution in [3.63, 3.8) is 0 Å². The number of ketones is 1. The van der Waals surface area contributed by atoms with Gasteiger partial charge in [-0.1, -0.05) is 18.2 Å². The minimum absolute atomic E-state index is 0.0197. The summed E-state index contributed by atoms with van der Waals surface area (Å²) in [5.74, 6) is -2.89. The second-order valence-corrected chi connectivity index (χ2v) is 12.9. The van der Waals surface area contributed by atoms with Gasteiger partial charge in [-0.2, -0.15) is 4.31 Å². The summed E-state index contributed by atoms with van der Waals surface area (Å²) in [6.45, 7) is 4.58. The highest BCUT2D eigenvalue weighted by Crippen LogP contribution is 2.53. The van der Waals surface area contributed by atoms with Gasteiger partial charge in [0.25, 0.3) is 17.6 Å². The van der Waals surface area contributed by atoms with Gasteiger partial charge in [0.1, 0.15) is 5.76 Å². The molecule has 4 aliphatic rings. The van der Waals surface area contributed by atoms with Crippen molar-refractivity contribution in [1.82, 2.24) is 14.1 Å². The molecule has 12 nitrogen and oxygen atoms in total. The SMILES string of the molecule is CN1C(=O)C2(/C(=C(/O)c3ccc(S(=O)(=O)N4CCOCC4)cc3)C(=O)C(=O)N2CCCN2CCOCC2)c2ccccc21. The molecule has 228 valence electrons. The molecule has 2 amide bonds. The number of likely N-dealkylation sites (tertiary alicyclic amines) is 1. The van der Waals surface area contributed by atoms with Crippen LogP contribution >= 0.6 is 0 Å². The number of morpholine rings is 2. The van der Waals surface area contributed by atoms with Crippen LogP contribution < -0.4 is 4.90 Å². The predicted molar refractivity (Wildman–Crippen MR) is 156 cm³/mol. The summed E-state index contributed by atoms with van der Waals surface area (Å²) in [5.41, 5.74) is -1.10. The topological polar surface area (TPSA) is 137 Å². The Morgan fingerprint density at radius 1 is 0.884 bits per heavy atom. The molecule has 6 rings (SSSR count). The van der Waals surface area contributed by atoms with Crippen LogP contribution in [0.2, 0.25) is 0 Å². The Morgan fingerprint density at radius 2 is 1.51 bits per heavy atom. The largest absolute Gasteiger partial charge is 0.507 e. The maximum atomic E-state index is 14.2. The lowest BCUT2D eigenvalue weighted by Gasteiger charge is -2.35. The Balaban J connectivity index is 1.41. The number of carbonyl (C=O) groups excluding carboxylic acids is 3. The fourth-order valence-corrected chi connectivity index (χ4v) is 7.82. The molecule has 2 aromatic rings. The molecule has 0 aromatic heterocycles. The van der Waals surface area contributed by atoms with Crippen molar-refractivity contribution in [3.8, 4) is 0 Å². The van der Waals surface area contributed by atoms with E-state index in [9.17, 15) is 27.9 Å². The van der Waals surface area contributed by atoms with Gasteiger partial charge < -0.3 is 24.4 Å². The van der Waals surface area contributed by atoms with Crippen molar-refractivity contribution in [2.75, 3.05) is 77.6 Å². The van der Waals surface area contributed by atoms with Crippen LogP contribution in [0.5, 0.6) is 0 Å². The van der Waals surface area contributed by atoms with Gasteiger partial charge in [0.2, 0.25) is 10.0 Å². The summed E-state index contributed by atoms with van der Waals surface area (Å²) >= 11 is 0. The summed E-state index contributed by atoms with van der Waals surface area (Å²) in [6, 6.07) is 12.4. The molecule has 0 bridgehead atoms. The number of aliphatic hydroxyl groups excluding tert-OH is 1. The Hall–Kier alpha value is -3.62. The minimum Gasteiger partial charge on any atom is -0.507 e. The lowest BCUT2D eigenvalue weighted by Crippen LogP contribution is -2.52. The fourth-order valence-electron chi connectivity index (χ4n) is 6.41. The van der Waals surface area contributed by atoms with Crippen LogP contribution in [0.4, 0.5) is 5.69 Å². The number of aliphatic hydroxyl groups is 1. The quantitative estimate of drug-likeness (QED) is 0.276. The third-order valence-electron chi connectivity index (χ3n) is 8.63. The zero-order chi connectivity index (χ0) is 30.4. The maximum absolute atomic E-state index is 14.2. The van der Waals surface area contributed by atoms with E-state index in [1.165, 1.54) is 38.4 Å². The Labute approximate surface area is 250 Å². The number of para-hydroxylation sites is 1. The number of sulfonamides is 1. The van der Waals surface area contributed by atoms with Crippen molar-refractivity contribution in [2.24, 2.45) is 0 Å². The minimum atomic E-state index is -3.80. The highest BCUT2D eigenvalue weighted by atomic mass is 32.2. The van der Waals surface area contributed by atoms with Gasteiger partial charge >= 0.3 is 0 Å². The Bertz CT molecular complexity index is 1580. The summed E-state index contributed by atoms with van der Waals surface area (Å²) in [6.07, 6.45) is 0.502. The molecule has 1 spiro atoms. The lowest BCUT2D eigenvalue weighted by molar-refractivity contribution is -0.143. The molecule has 0 saturated carbocycles. The number of nitrogens with zero attached hydrogens (tertiary/aromatic N) is 4. The molecule has 3 saturated heterocycles. The molecular weight excluding hydrogens is 576 g/mol. The molecule has 4 heterocycles. The van der Waals surface area contributed by atoms with Crippen LogP contribution in [-0.4, -0.2) is 118 Å². The maximum Gasteiger partial charge on any atom is 0.296 e. The Kier molecular flexibility index (Phi) is 7.86. The molecule has 1 N–H and O–H groups in total. The zero-order valence-electron chi connectivity index (χ0n) is 23.9. The number of anilines is 1. The standard InChI is InChI=1S/C30H34N4O8S/c1-31-24-6-3-2-5-23(24)30(29(31)38)25(27(36)28(37)34(30)12-4-11-32-13-17-41-18-14-32)26(35)21-7-9-22(10-8-21)43(39,40)33-15-19-42-20-16-33/h2-3,5-10,35H,4,11-20H2,1H3/b26-25+. The first-order valence-corrected chi connectivity index (χ1v) is 15.8. The molecule has 1 atom stereocenters. The monoisotopic (exact) mass is 610 g/mol. The predicted octanol–water partition coefficient (Wildman–Crippen LogP) is 0.982. The average molecular weight is 611 g/mol. The first-order valence-electron chi connectivity index (χ1n) is 14.3.